The number of rotatable bonds is 3. The second-order valence-electron chi connectivity index (χ2n) is 3.40. The fourth-order valence-electron chi connectivity index (χ4n) is 1.61. The van der Waals surface area contributed by atoms with Gasteiger partial charge < -0.3 is 4.90 Å². The van der Waals surface area contributed by atoms with Crippen LogP contribution in [0.4, 0.5) is 0 Å². The summed E-state index contributed by atoms with van der Waals surface area (Å²) in [5.41, 5.74) is 1.21. The van der Waals surface area contributed by atoms with E-state index in [1.165, 1.54) is 5.56 Å². The van der Waals surface area contributed by atoms with Crippen LogP contribution in [-0.4, -0.2) is 22.4 Å². The normalized spacial score (nSPS) is 20.8. The lowest BCUT2D eigenvalue weighted by atomic mass is 10.1. The van der Waals surface area contributed by atoms with Gasteiger partial charge in [0.1, 0.15) is 0 Å². The minimum absolute atomic E-state index is 0.271. The first kappa shape index (κ1) is 9.59. The Hall–Kier alpha value is -0.960. The smallest absolute Gasteiger partial charge is 0.226 e. The Morgan fingerprint density at radius 3 is 2.71 bits per heavy atom. The minimum atomic E-state index is 0.271. The molecule has 2 rings (SSSR count). The second kappa shape index (κ2) is 4.05. The number of hydrogen-bond acceptors (Lipinski definition) is 2. The van der Waals surface area contributed by atoms with Gasteiger partial charge in [-0.1, -0.05) is 30.3 Å². The fourth-order valence-corrected chi connectivity index (χ4v) is 2.36. The summed E-state index contributed by atoms with van der Waals surface area (Å²) < 4.78 is 0. The highest BCUT2D eigenvalue weighted by atomic mass is 32.2. The van der Waals surface area contributed by atoms with Gasteiger partial charge in [0.2, 0.25) is 5.91 Å². The zero-order valence-electron chi connectivity index (χ0n) is 8.14. The molecule has 0 bridgehead atoms. The van der Waals surface area contributed by atoms with Gasteiger partial charge in [0.25, 0.3) is 0 Å². The number of β-lactam (4-membered cyclic amide) rings is 1. The molecule has 1 aromatic carbocycles. The number of benzene rings is 1. The van der Waals surface area contributed by atoms with E-state index in [1.807, 2.05) is 23.1 Å². The molecule has 1 unspecified atom stereocenters. The van der Waals surface area contributed by atoms with Gasteiger partial charge in [-0.3, -0.25) is 4.79 Å². The van der Waals surface area contributed by atoms with Gasteiger partial charge in [-0.25, -0.2) is 0 Å². The van der Waals surface area contributed by atoms with Crippen LogP contribution in [0.2, 0.25) is 0 Å². The first-order chi connectivity index (χ1) is 6.81. The monoisotopic (exact) mass is 207 g/mol. The van der Waals surface area contributed by atoms with E-state index < -0.39 is 0 Å². The molecule has 3 heteroatoms. The molecule has 1 heterocycles. The largest absolute Gasteiger partial charge is 0.326 e. The highest BCUT2D eigenvalue weighted by molar-refractivity contribution is 7.99. The maximum Gasteiger partial charge on any atom is 0.226 e. The van der Waals surface area contributed by atoms with Crippen LogP contribution in [0.25, 0.3) is 0 Å². The van der Waals surface area contributed by atoms with Crippen LogP contribution in [0, 0.1) is 0 Å². The maximum absolute atomic E-state index is 11.3. The Kier molecular flexibility index (Phi) is 2.77. The van der Waals surface area contributed by atoms with E-state index in [-0.39, 0.29) is 5.91 Å². The Labute approximate surface area is 88.3 Å². The van der Waals surface area contributed by atoms with Gasteiger partial charge >= 0.3 is 0 Å². The lowest BCUT2D eigenvalue weighted by Crippen LogP contribution is -2.49. The van der Waals surface area contributed by atoms with Crippen molar-refractivity contribution in [2.75, 3.05) is 6.26 Å². The zero-order chi connectivity index (χ0) is 9.97. The summed E-state index contributed by atoms with van der Waals surface area (Å²) in [5.74, 6) is 0.271. The van der Waals surface area contributed by atoms with Crippen molar-refractivity contribution in [1.29, 1.82) is 0 Å². The van der Waals surface area contributed by atoms with Gasteiger partial charge in [0.15, 0.2) is 0 Å². The molecule has 0 radical (unpaired) electrons. The molecule has 1 aromatic rings. The highest BCUT2D eigenvalue weighted by Gasteiger charge is 2.34. The van der Waals surface area contributed by atoms with Crippen LogP contribution >= 0.6 is 11.8 Å². The molecule has 1 aliphatic heterocycles. The molecule has 1 saturated heterocycles. The molecule has 14 heavy (non-hydrogen) atoms. The van der Waals surface area contributed by atoms with Crippen LogP contribution < -0.4 is 0 Å². The molecule has 0 saturated carbocycles. The van der Waals surface area contributed by atoms with Crippen LogP contribution in [0.1, 0.15) is 12.0 Å². The number of carbonyl (C=O) groups is 1. The van der Waals surface area contributed by atoms with Gasteiger partial charge in [0, 0.05) is 6.54 Å². The number of thioether (sulfide) groups is 1. The van der Waals surface area contributed by atoms with Crippen molar-refractivity contribution in [2.45, 2.75) is 18.3 Å². The molecule has 1 amide bonds. The van der Waals surface area contributed by atoms with Crippen molar-refractivity contribution < 1.29 is 4.79 Å². The first-order valence-corrected chi connectivity index (χ1v) is 5.96. The van der Waals surface area contributed by atoms with E-state index in [4.69, 9.17) is 0 Å². The SMILES string of the molecule is CSC1CC(=O)N1Cc1ccccc1. The standard InChI is InChI=1S/C11H13NOS/c1-14-11-7-10(13)12(11)8-9-5-3-2-4-6-9/h2-6,11H,7-8H2,1H3. The second-order valence-corrected chi connectivity index (χ2v) is 4.42. The lowest BCUT2D eigenvalue weighted by molar-refractivity contribution is -0.142. The van der Waals surface area contributed by atoms with E-state index in [0.29, 0.717) is 11.8 Å². The summed E-state index contributed by atoms with van der Waals surface area (Å²) in [4.78, 5) is 13.2. The molecule has 0 spiro atoms. The molecular weight excluding hydrogens is 194 g/mol. The predicted octanol–water partition coefficient (Wildman–Crippen LogP) is 2.11. The zero-order valence-corrected chi connectivity index (χ0v) is 8.96. The van der Waals surface area contributed by atoms with Crippen LogP contribution in [-0.2, 0) is 11.3 Å². The predicted molar refractivity (Wildman–Crippen MR) is 58.9 cm³/mol. The van der Waals surface area contributed by atoms with Gasteiger partial charge in [0.05, 0.1) is 11.8 Å². The molecule has 74 valence electrons. The molecule has 0 aliphatic carbocycles. The van der Waals surface area contributed by atoms with E-state index >= 15 is 0 Å². The summed E-state index contributed by atoms with van der Waals surface area (Å²) in [7, 11) is 0. The number of amides is 1. The summed E-state index contributed by atoms with van der Waals surface area (Å²) in [5, 5.41) is 0.391. The van der Waals surface area contributed by atoms with E-state index in [2.05, 4.69) is 18.4 Å². The third kappa shape index (κ3) is 1.77. The van der Waals surface area contributed by atoms with Crippen LogP contribution in [0.15, 0.2) is 30.3 Å². The molecule has 1 fully saturated rings. The van der Waals surface area contributed by atoms with Crippen molar-refractivity contribution in [3.8, 4) is 0 Å². The molecule has 1 aliphatic rings. The summed E-state index contributed by atoms with van der Waals surface area (Å²) >= 11 is 1.75. The lowest BCUT2D eigenvalue weighted by Gasteiger charge is -2.39. The Balaban J connectivity index is 2.01. The van der Waals surface area contributed by atoms with Crippen molar-refractivity contribution in [3.05, 3.63) is 35.9 Å². The minimum Gasteiger partial charge on any atom is -0.326 e. The van der Waals surface area contributed by atoms with Gasteiger partial charge in [-0.2, -0.15) is 0 Å². The van der Waals surface area contributed by atoms with Crippen molar-refractivity contribution >= 4 is 17.7 Å². The summed E-state index contributed by atoms with van der Waals surface area (Å²) in [6.45, 7) is 0.755. The average Bonchev–Trinajstić information content (AvgIpc) is 2.24. The van der Waals surface area contributed by atoms with Gasteiger partial charge in [-0.05, 0) is 11.8 Å². The molecule has 0 N–H and O–H groups in total. The first-order valence-electron chi connectivity index (χ1n) is 4.67. The number of carbonyl (C=O) groups excluding carboxylic acids is 1. The number of likely N-dealkylation sites (tertiary alicyclic amines) is 1. The van der Waals surface area contributed by atoms with Crippen molar-refractivity contribution in [1.82, 2.24) is 4.90 Å². The van der Waals surface area contributed by atoms with E-state index in [1.54, 1.807) is 11.8 Å². The topological polar surface area (TPSA) is 20.3 Å². The quantitative estimate of drug-likeness (QED) is 0.707. The Bertz CT molecular complexity index is 325. The fraction of sp³-hybridized carbons (Fsp3) is 0.364. The Morgan fingerprint density at radius 2 is 2.14 bits per heavy atom. The van der Waals surface area contributed by atoms with E-state index in [0.717, 1.165) is 6.54 Å². The third-order valence-corrected chi connectivity index (χ3v) is 3.45. The molecule has 2 nitrogen and oxygen atoms in total. The number of nitrogens with zero attached hydrogens (tertiary/aromatic N) is 1. The highest BCUT2D eigenvalue weighted by Crippen LogP contribution is 2.29. The van der Waals surface area contributed by atoms with Crippen molar-refractivity contribution in [3.63, 3.8) is 0 Å². The Morgan fingerprint density at radius 1 is 1.43 bits per heavy atom. The van der Waals surface area contributed by atoms with E-state index in [9.17, 15) is 4.79 Å². The average molecular weight is 207 g/mol. The summed E-state index contributed by atoms with van der Waals surface area (Å²) in [6.07, 6.45) is 2.75. The van der Waals surface area contributed by atoms with Crippen LogP contribution in [0.5, 0.6) is 0 Å². The molecular formula is C11H13NOS. The number of hydrogen-bond donors (Lipinski definition) is 0. The summed E-state index contributed by atoms with van der Waals surface area (Å²) in [6, 6.07) is 10.1. The molecule has 0 aromatic heterocycles. The van der Waals surface area contributed by atoms with Gasteiger partial charge in [-0.15, -0.1) is 11.8 Å². The maximum atomic E-state index is 11.3. The van der Waals surface area contributed by atoms with Crippen LogP contribution in [0.3, 0.4) is 0 Å². The third-order valence-electron chi connectivity index (χ3n) is 2.49. The van der Waals surface area contributed by atoms with Crippen molar-refractivity contribution in [2.24, 2.45) is 0 Å². The molecule has 1 atom stereocenters.